The Kier molecular flexibility index (Phi) is 2.55. The third-order valence-corrected chi connectivity index (χ3v) is 2.55. The van der Waals surface area contributed by atoms with Gasteiger partial charge in [0.15, 0.2) is 0 Å². The van der Waals surface area contributed by atoms with Crippen molar-refractivity contribution in [2.75, 3.05) is 0 Å². The Labute approximate surface area is 84.5 Å². The predicted octanol–water partition coefficient (Wildman–Crippen LogP) is 2.73. The molecule has 1 aromatic rings. The minimum absolute atomic E-state index is 0.254. The highest BCUT2D eigenvalue weighted by Gasteiger charge is 2.32. The van der Waals surface area contributed by atoms with Gasteiger partial charge in [-0.05, 0) is 18.1 Å². The van der Waals surface area contributed by atoms with E-state index in [0.717, 1.165) is 12.8 Å². The lowest BCUT2D eigenvalue weighted by atomic mass is 9.90. The standard InChI is InChI=1S/C12H15NO/c1-2-8-12(9-10-13-14-12)11-6-4-3-5-7-11/h3-7,9-10,13H,2,8H2,1H3. The number of hydrogen-bond donors (Lipinski definition) is 1. The van der Waals surface area contributed by atoms with E-state index in [0.29, 0.717) is 0 Å². The van der Waals surface area contributed by atoms with Gasteiger partial charge in [0.2, 0.25) is 0 Å². The van der Waals surface area contributed by atoms with Gasteiger partial charge in [-0.1, -0.05) is 43.7 Å². The minimum Gasteiger partial charge on any atom is -0.273 e. The first-order chi connectivity index (χ1) is 6.87. The van der Waals surface area contributed by atoms with Gasteiger partial charge < -0.3 is 0 Å². The van der Waals surface area contributed by atoms with Crippen LogP contribution in [0.1, 0.15) is 25.3 Å². The van der Waals surface area contributed by atoms with Gasteiger partial charge >= 0.3 is 0 Å². The highest BCUT2D eigenvalue weighted by atomic mass is 16.7. The summed E-state index contributed by atoms with van der Waals surface area (Å²) in [7, 11) is 0. The van der Waals surface area contributed by atoms with E-state index in [9.17, 15) is 0 Å². The Hall–Kier alpha value is -1.28. The SMILES string of the molecule is CCCC1(c2ccccc2)C=CNO1. The van der Waals surface area contributed by atoms with Crippen molar-refractivity contribution in [2.45, 2.75) is 25.4 Å². The van der Waals surface area contributed by atoms with Crippen LogP contribution >= 0.6 is 0 Å². The van der Waals surface area contributed by atoms with Crippen LogP contribution in [-0.2, 0) is 10.4 Å². The van der Waals surface area contributed by atoms with Crippen molar-refractivity contribution < 1.29 is 4.84 Å². The molecule has 0 amide bonds. The van der Waals surface area contributed by atoms with Gasteiger partial charge in [0, 0.05) is 6.20 Å². The van der Waals surface area contributed by atoms with Crippen molar-refractivity contribution in [3.05, 3.63) is 48.2 Å². The molecular weight excluding hydrogens is 174 g/mol. The van der Waals surface area contributed by atoms with Crippen molar-refractivity contribution >= 4 is 0 Å². The lowest BCUT2D eigenvalue weighted by Crippen LogP contribution is -2.26. The van der Waals surface area contributed by atoms with Gasteiger partial charge in [-0.25, -0.2) is 0 Å². The maximum Gasteiger partial charge on any atom is 0.141 e. The number of rotatable bonds is 3. The van der Waals surface area contributed by atoms with Crippen molar-refractivity contribution in [1.29, 1.82) is 0 Å². The van der Waals surface area contributed by atoms with Crippen LogP contribution in [0.4, 0.5) is 0 Å². The summed E-state index contributed by atoms with van der Waals surface area (Å²) in [5.41, 5.74) is 3.77. The van der Waals surface area contributed by atoms with Crippen LogP contribution in [0.15, 0.2) is 42.6 Å². The van der Waals surface area contributed by atoms with Gasteiger partial charge in [0.25, 0.3) is 0 Å². The highest BCUT2D eigenvalue weighted by molar-refractivity contribution is 5.28. The molecule has 1 atom stereocenters. The third kappa shape index (κ3) is 1.53. The fourth-order valence-corrected chi connectivity index (χ4v) is 1.87. The molecule has 0 bridgehead atoms. The summed E-state index contributed by atoms with van der Waals surface area (Å²) in [5.74, 6) is 0. The molecule has 2 heteroatoms. The van der Waals surface area contributed by atoms with Gasteiger partial charge in [0.1, 0.15) is 5.60 Å². The minimum atomic E-state index is -0.254. The van der Waals surface area contributed by atoms with Gasteiger partial charge in [-0.3, -0.25) is 10.3 Å². The maximum absolute atomic E-state index is 5.61. The maximum atomic E-state index is 5.61. The smallest absolute Gasteiger partial charge is 0.141 e. The molecule has 1 aliphatic heterocycles. The molecule has 2 nitrogen and oxygen atoms in total. The first kappa shape index (κ1) is 9.28. The van der Waals surface area contributed by atoms with Gasteiger partial charge in [-0.2, -0.15) is 0 Å². The quantitative estimate of drug-likeness (QED) is 0.789. The molecule has 0 fully saturated rings. The Morgan fingerprint density at radius 1 is 1.29 bits per heavy atom. The van der Waals surface area contributed by atoms with Crippen LogP contribution in [0.2, 0.25) is 0 Å². The van der Waals surface area contributed by atoms with Gasteiger partial charge in [-0.15, -0.1) is 0 Å². The fraction of sp³-hybridized carbons (Fsp3) is 0.333. The van der Waals surface area contributed by atoms with Crippen LogP contribution in [0, 0.1) is 0 Å². The molecule has 0 spiro atoms. The fourth-order valence-electron chi connectivity index (χ4n) is 1.87. The molecule has 74 valence electrons. The summed E-state index contributed by atoms with van der Waals surface area (Å²) in [6.07, 6.45) is 6.05. The van der Waals surface area contributed by atoms with Crippen molar-refractivity contribution in [3.8, 4) is 0 Å². The third-order valence-electron chi connectivity index (χ3n) is 2.55. The largest absolute Gasteiger partial charge is 0.273 e. The summed E-state index contributed by atoms with van der Waals surface area (Å²) in [6, 6.07) is 10.3. The van der Waals surface area contributed by atoms with E-state index in [2.05, 4.69) is 30.6 Å². The molecule has 0 aliphatic carbocycles. The molecule has 1 N–H and O–H groups in total. The molecular formula is C12H15NO. The monoisotopic (exact) mass is 189 g/mol. The second-order valence-corrected chi connectivity index (χ2v) is 3.56. The molecule has 0 saturated carbocycles. The zero-order chi connectivity index (χ0) is 9.86. The van der Waals surface area contributed by atoms with Crippen molar-refractivity contribution in [2.24, 2.45) is 0 Å². The lowest BCUT2D eigenvalue weighted by molar-refractivity contribution is -0.0468. The van der Waals surface area contributed by atoms with Crippen LogP contribution in [0.5, 0.6) is 0 Å². The average molecular weight is 189 g/mol. The Morgan fingerprint density at radius 2 is 2.07 bits per heavy atom. The molecule has 1 aliphatic rings. The molecule has 0 saturated heterocycles. The summed E-state index contributed by atoms with van der Waals surface area (Å²) in [5, 5.41) is 0. The molecule has 1 aromatic carbocycles. The second-order valence-electron chi connectivity index (χ2n) is 3.56. The van der Waals surface area contributed by atoms with Crippen LogP contribution in [0.25, 0.3) is 0 Å². The summed E-state index contributed by atoms with van der Waals surface area (Å²) in [4.78, 5) is 5.61. The van der Waals surface area contributed by atoms with E-state index in [-0.39, 0.29) is 5.60 Å². The van der Waals surface area contributed by atoms with E-state index in [1.54, 1.807) is 0 Å². The van der Waals surface area contributed by atoms with Gasteiger partial charge in [0.05, 0.1) is 0 Å². The molecule has 0 aromatic heterocycles. The number of hydroxylamine groups is 1. The molecule has 1 heterocycles. The van der Waals surface area contributed by atoms with Crippen molar-refractivity contribution in [1.82, 2.24) is 5.48 Å². The van der Waals surface area contributed by atoms with Crippen LogP contribution in [-0.4, -0.2) is 0 Å². The average Bonchev–Trinajstić information content (AvgIpc) is 2.70. The van der Waals surface area contributed by atoms with E-state index in [1.807, 2.05) is 24.4 Å². The first-order valence-electron chi connectivity index (χ1n) is 5.04. The number of benzene rings is 1. The number of hydrogen-bond acceptors (Lipinski definition) is 2. The zero-order valence-corrected chi connectivity index (χ0v) is 8.36. The van der Waals surface area contributed by atoms with Crippen LogP contribution < -0.4 is 5.48 Å². The zero-order valence-electron chi connectivity index (χ0n) is 8.36. The Balaban J connectivity index is 2.32. The summed E-state index contributed by atoms with van der Waals surface area (Å²) in [6.45, 7) is 2.17. The van der Waals surface area contributed by atoms with E-state index in [1.165, 1.54) is 5.56 Å². The van der Waals surface area contributed by atoms with E-state index in [4.69, 9.17) is 4.84 Å². The van der Waals surface area contributed by atoms with E-state index >= 15 is 0 Å². The Morgan fingerprint density at radius 3 is 2.64 bits per heavy atom. The normalized spacial score (nSPS) is 24.9. The molecule has 14 heavy (non-hydrogen) atoms. The second kappa shape index (κ2) is 3.84. The van der Waals surface area contributed by atoms with Crippen molar-refractivity contribution in [3.63, 3.8) is 0 Å². The number of nitrogens with one attached hydrogen (secondary N) is 1. The highest BCUT2D eigenvalue weighted by Crippen LogP contribution is 2.33. The summed E-state index contributed by atoms with van der Waals surface area (Å²) >= 11 is 0. The van der Waals surface area contributed by atoms with E-state index < -0.39 is 0 Å². The summed E-state index contributed by atoms with van der Waals surface area (Å²) < 4.78 is 0. The molecule has 1 unspecified atom stereocenters. The molecule has 0 radical (unpaired) electrons. The first-order valence-corrected chi connectivity index (χ1v) is 5.04. The topological polar surface area (TPSA) is 21.3 Å². The van der Waals surface area contributed by atoms with Crippen LogP contribution in [0.3, 0.4) is 0 Å². The Bertz CT molecular complexity index is 320. The lowest BCUT2D eigenvalue weighted by Gasteiger charge is -2.25. The predicted molar refractivity (Wildman–Crippen MR) is 56.4 cm³/mol. The molecule has 2 rings (SSSR count).